The molecule has 0 saturated heterocycles. The van der Waals surface area contributed by atoms with E-state index in [1.165, 1.54) is 6.07 Å². The van der Waals surface area contributed by atoms with E-state index in [-0.39, 0.29) is 18.7 Å². The molecule has 96 valence electrons. The first-order valence-electron chi connectivity index (χ1n) is 5.73. The quantitative estimate of drug-likeness (QED) is 0.812. The standard InChI is InChI=1S/C13H16N2O3/c1-15-11-3-2-4-12(18-8-9(16)7-14)10(11)5-6-13(15)17/h2-6,9,16H,7-8,14H2,1H3. The number of rotatable bonds is 4. The summed E-state index contributed by atoms with van der Waals surface area (Å²) in [5, 5.41) is 10.2. The number of aliphatic hydroxyl groups excluding tert-OH is 1. The molecule has 0 aliphatic rings. The van der Waals surface area contributed by atoms with Crippen LogP contribution in [-0.2, 0) is 7.05 Å². The molecule has 5 heteroatoms. The van der Waals surface area contributed by atoms with Gasteiger partial charge in [0, 0.05) is 25.0 Å². The number of nitrogens with zero attached hydrogens (tertiary/aromatic N) is 1. The minimum Gasteiger partial charge on any atom is -0.490 e. The van der Waals surface area contributed by atoms with E-state index in [0.29, 0.717) is 5.75 Å². The molecule has 1 unspecified atom stereocenters. The highest BCUT2D eigenvalue weighted by Gasteiger charge is 2.07. The molecule has 1 aromatic carbocycles. The zero-order chi connectivity index (χ0) is 13.1. The van der Waals surface area contributed by atoms with Crippen molar-refractivity contribution in [3.8, 4) is 5.75 Å². The molecule has 0 spiro atoms. The molecule has 5 nitrogen and oxygen atoms in total. The lowest BCUT2D eigenvalue weighted by Crippen LogP contribution is -2.26. The maximum absolute atomic E-state index is 11.5. The van der Waals surface area contributed by atoms with Crippen LogP contribution in [0.3, 0.4) is 0 Å². The summed E-state index contributed by atoms with van der Waals surface area (Å²) in [6, 6.07) is 8.68. The van der Waals surface area contributed by atoms with E-state index in [1.54, 1.807) is 23.7 Å². The number of benzene rings is 1. The van der Waals surface area contributed by atoms with Crippen LogP contribution in [0.2, 0.25) is 0 Å². The van der Waals surface area contributed by atoms with Gasteiger partial charge in [-0.1, -0.05) is 6.07 Å². The summed E-state index contributed by atoms with van der Waals surface area (Å²) < 4.78 is 7.08. The highest BCUT2D eigenvalue weighted by atomic mass is 16.5. The average molecular weight is 248 g/mol. The molecule has 0 bridgehead atoms. The number of aryl methyl sites for hydroxylation is 1. The molecular formula is C13H16N2O3. The summed E-state index contributed by atoms with van der Waals surface area (Å²) in [6.07, 6.45) is -0.687. The Balaban J connectivity index is 2.40. The van der Waals surface area contributed by atoms with Crippen LogP contribution in [0.1, 0.15) is 0 Å². The first-order chi connectivity index (χ1) is 8.63. The highest BCUT2D eigenvalue weighted by Crippen LogP contribution is 2.23. The number of aromatic nitrogens is 1. The van der Waals surface area contributed by atoms with Crippen molar-refractivity contribution in [3.63, 3.8) is 0 Å². The van der Waals surface area contributed by atoms with Gasteiger partial charge in [-0.2, -0.15) is 0 Å². The Bertz CT molecular complexity index is 607. The Morgan fingerprint density at radius 1 is 1.39 bits per heavy atom. The van der Waals surface area contributed by atoms with Crippen molar-refractivity contribution in [1.29, 1.82) is 0 Å². The SMILES string of the molecule is Cn1c(=O)ccc2c(OCC(O)CN)cccc21. The molecule has 0 saturated carbocycles. The summed E-state index contributed by atoms with van der Waals surface area (Å²) in [6.45, 7) is 0.293. The van der Waals surface area contributed by atoms with Crippen LogP contribution < -0.4 is 16.0 Å². The molecule has 1 atom stereocenters. The van der Waals surface area contributed by atoms with E-state index >= 15 is 0 Å². The summed E-state index contributed by atoms with van der Waals surface area (Å²) in [5.74, 6) is 0.635. The third kappa shape index (κ3) is 2.37. The van der Waals surface area contributed by atoms with Crippen LogP contribution in [0.5, 0.6) is 5.75 Å². The lowest BCUT2D eigenvalue weighted by molar-refractivity contribution is 0.115. The van der Waals surface area contributed by atoms with Crippen LogP contribution in [0, 0.1) is 0 Å². The van der Waals surface area contributed by atoms with Crippen LogP contribution in [-0.4, -0.2) is 28.9 Å². The van der Waals surface area contributed by atoms with E-state index in [4.69, 9.17) is 10.5 Å². The van der Waals surface area contributed by atoms with Gasteiger partial charge in [-0.3, -0.25) is 4.79 Å². The van der Waals surface area contributed by atoms with Gasteiger partial charge in [0.25, 0.3) is 5.56 Å². The van der Waals surface area contributed by atoms with Crippen molar-refractivity contribution < 1.29 is 9.84 Å². The third-order valence-corrected chi connectivity index (χ3v) is 2.83. The zero-order valence-corrected chi connectivity index (χ0v) is 10.2. The van der Waals surface area contributed by atoms with Crippen molar-refractivity contribution >= 4 is 10.9 Å². The van der Waals surface area contributed by atoms with Gasteiger partial charge in [0.05, 0.1) is 5.52 Å². The fourth-order valence-electron chi connectivity index (χ4n) is 1.76. The molecule has 0 aliphatic carbocycles. The van der Waals surface area contributed by atoms with Gasteiger partial charge in [-0.05, 0) is 18.2 Å². The Labute approximate surface area is 104 Å². The summed E-state index contributed by atoms with van der Waals surface area (Å²) >= 11 is 0. The number of hydrogen-bond acceptors (Lipinski definition) is 4. The highest BCUT2D eigenvalue weighted by molar-refractivity contribution is 5.85. The molecule has 2 aromatic rings. The van der Waals surface area contributed by atoms with Gasteiger partial charge in [-0.25, -0.2) is 0 Å². The van der Waals surface area contributed by atoms with Gasteiger partial charge in [0.15, 0.2) is 0 Å². The molecule has 2 rings (SSSR count). The van der Waals surface area contributed by atoms with E-state index in [9.17, 15) is 9.90 Å². The normalized spacial score (nSPS) is 12.6. The van der Waals surface area contributed by atoms with Crippen molar-refractivity contribution in [3.05, 3.63) is 40.7 Å². The first kappa shape index (κ1) is 12.6. The maximum atomic E-state index is 11.5. The van der Waals surface area contributed by atoms with Crippen LogP contribution >= 0.6 is 0 Å². The first-order valence-corrected chi connectivity index (χ1v) is 5.73. The summed E-state index contributed by atoms with van der Waals surface area (Å²) in [7, 11) is 1.71. The second-order valence-corrected chi connectivity index (χ2v) is 4.12. The molecule has 18 heavy (non-hydrogen) atoms. The fourth-order valence-corrected chi connectivity index (χ4v) is 1.76. The number of hydrogen-bond donors (Lipinski definition) is 2. The summed E-state index contributed by atoms with van der Waals surface area (Å²) in [5.41, 5.74) is 6.04. The van der Waals surface area contributed by atoms with Gasteiger partial charge in [0.1, 0.15) is 18.5 Å². The number of ether oxygens (including phenoxy) is 1. The number of pyridine rings is 1. The minimum atomic E-state index is -0.687. The van der Waals surface area contributed by atoms with Crippen molar-refractivity contribution in [2.75, 3.05) is 13.2 Å². The lowest BCUT2D eigenvalue weighted by atomic mass is 10.2. The van der Waals surface area contributed by atoms with Gasteiger partial charge < -0.3 is 20.1 Å². The topological polar surface area (TPSA) is 77.5 Å². The van der Waals surface area contributed by atoms with Crippen molar-refractivity contribution in [2.24, 2.45) is 12.8 Å². The molecular weight excluding hydrogens is 232 g/mol. The van der Waals surface area contributed by atoms with Crippen LogP contribution in [0.25, 0.3) is 10.9 Å². The predicted octanol–water partition coefficient (Wildman–Crippen LogP) is 0.237. The van der Waals surface area contributed by atoms with Gasteiger partial charge in [0.2, 0.25) is 0 Å². The Morgan fingerprint density at radius 3 is 2.89 bits per heavy atom. The lowest BCUT2D eigenvalue weighted by Gasteiger charge is -2.13. The number of fused-ring (bicyclic) bond motifs is 1. The Kier molecular flexibility index (Phi) is 3.64. The fraction of sp³-hybridized carbons (Fsp3) is 0.308. The molecule has 0 radical (unpaired) electrons. The molecule has 0 aliphatic heterocycles. The van der Waals surface area contributed by atoms with Crippen LogP contribution in [0.4, 0.5) is 0 Å². The second kappa shape index (κ2) is 5.20. The monoisotopic (exact) mass is 248 g/mol. The predicted molar refractivity (Wildman–Crippen MR) is 69.7 cm³/mol. The number of aliphatic hydroxyl groups is 1. The maximum Gasteiger partial charge on any atom is 0.250 e. The number of nitrogens with two attached hydrogens (primary N) is 1. The smallest absolute Gasteiger partial charge is 0.250 e. The van der Waals surface area contributed by atoms with Gasteiger partial charge >= 0.3 is 0 Å². The second-order valence-electron chi connectivity index (χ2n) is 4.12. The van der Waals surface area contributed by atoms with E-state index in [2.05, 4.69) is 0 Å². The molecule has 0 fully saturated rings. The minimum absolute atomic E-state index is 0.0679. The Morgan fingerprint density at radius 2 is 2.17 bits per heavy atom. The van der Waals surface area contributed by atoms with Gasteiger partial charge in [-0.15, -0.1) is 0 Å². The van der Waals surface area contributed by atoms with Crippen molar-refractivity contribution in [2.45, 2.75) is 6.10 Å². The largest absolute Gasteiger partial charge is 0.490 e. The van der Waals surface area contributed by atoms with E-state index in [1.807, 2.05) is 12.1 Å². The molecule has 1 aromatic heterocycles. The van der Waals surface area contributed by atoms with Crippen molar-refractivity contribution in [1.82, 2.24) is 4.57 Å². The zero-order valence-electron chi connectivity index (χ0n) is 10.2. The molecule has 0 amide bonds. The van der Waals surface area contributed by atoms with E-state index < -0.39 is 6.10 Å². The molecule has 3 N–H and O–H groups in total. The third-order valence-electron chi connectivity index (χ3n) is 2.83. The van der Waals surface area contributed by atoms with E-state index in [0.717, 1.165) is 10.9 Å². The molecule has 1 heterocycles. The average Bonchev–Trinajstić information content (AvgIpc) is 2.40. The summed E-state index contributed by atoms with van der Waals surface area (Å²) in [4.78, 5) is 11.5. The van der Waals surface area contributed by atoms with Crippen LogP contribution in [0.15, 0.2) is 35.1 Å². The Hall–Kier alpha value is -1.85.